The molecule has 6 aromatic heterocycles. The van der Waals surface area contributed by atoms with Crippen LogP contribution in [0.5, 0.6) is 0 Å². The molecule has 506 valence electrons. The highest BCUT2D eigenvalue weighted by Gasteiger charge is 2.35. The van der Waals surface area contributed by atoms with E-state index in [1.54, 1.807) is 24.8 Å². The topological polar surface area (TPSA) is 137 Å². The van der Waals surface area contributed by atoms with E-state index in [2.05, 4.69) is 204 Å². The van der Waals surface area contributed by atoms with E-state index in [0.717, 1.165) is 136 Å². The van der Waals surface area contributed by atoms with Crippen molar-refractivity contribution in [1.29, 1.82) is 5.26 Å². The van der Waals surface area contributed by atoms with E-state index in [-0.39, 0.29) is 17.6 Å². The molecule has 0 saturated carbocycles. The number of imidazole rings is 1. The van der Waals surface area contributed by atoms with Crippen LogP contribution in [0, 0.1) is 28.9 Å². The Morgan fingerprint density at radius 2 is 1.00 bits per heavy atom. The summed E-state index contributed by atoms with van der Waals surface area (Å²) in [4.78, 5) is 23.1. The average molecular weight is 1340 g/mol. The lowest BCUT2D eigenvalue weighted by Gasteiger charge is -2.36. The van der Waals surface area contributed by atoms with E-state index in [9.17, 15) is 13.2 Å². The SMILES string of the molecule is CN(C)C1CCN(c2ccc3c(c2)Cn2cc(-c4ccc(C#N)cc4)cc2-c2nccn2-3)CC1.CN(C)C[C@H]1CN(c2ccc3c(c2)Cn2cc(-c4ccc(F)cc4)cc2-c2ncnn2-3)C[C@H]1F.CN(C)[C@H]1CCN(c2ccc3c(c2)Cn2cc(-c4ccc(F)cc4)cc2-c2nncn2-3)C1. The first-order valence-electron chi connectivity index (χ1n) is 34.4. The summed E-state index contributed by atoms with van der Waals surface area (Å²) < 4.78 is 54.4. The molecule has 6 aliphatic rings. The molecular formula is C79H79F3N18. The number of likely N-dealkylation sites (N-methyl/N-ethyl adjacent to an activating group) is 1. The van der Waals surface area contributed by atoms with Crippen molar-refractivity contribution in [3.05, 3.63) is 223 Å². The van der Waals surface area contributed by atoms with E-state index in [0.29, 0.717) is 37.3 Å². The minimum Gasteiger partial charge on any atom is -0.371 e. The summed E-state index contributed by atoms with van der Waals surface area (Å²) >= 11 is 0. The number of aromatic nitrogens is 11. The largest absolute Gasteiger partial charge is 0.371 e. The lowest BCUT2D eigenvalue weighted by Crippen LogP contribution is -2.42. The van der Waals surface area contributed by atoms with Crippen molar-refractivity contribution in [2.75, 3.05) is 103 Å². The number of anilines is 3. The molecule has 0 N–H and O–H groups in total. The van der Waals surface area contributed by atoms with Crippen LogP contribution in [0.3, 0.4) is 0 Å². The summed E-state index contributed by atoms with van der Waals surface area (Å²) in [5.74, 6) is 2.06. The molecule has 18 nitrogen and oxygen atoms in total. The molecule has 3 saturated heterocycles. The van der Waals surface area contributed by atoms with Gasteiger partial charge in [0.05, 0.1) is 45.8 Å². The van der Waals surface area contributed by atoms with Crippen molar-refractivity contribution in [3.8, 4) is 91.1 Å². The van der Waals surface area contributed by atoms with Crippen LogP contribution in [0.15, 0.2) is 189 Å². The molecule has 6 aromatic carbocycles. The number of fused-ring (bicyclic) bond motifs is 15. The maximum Gasteiger partial charge on any atom is 0.185 e. The summed E-state index contributed by atoms with van der Waals surface area (Å²) in [6.45, 7) is 8.34. The Hall–Kier alpha value is -10.8. The quantitative estimate of drug-likeness (QED) is 0.129. The predicted molar refractivity (Wildman–Crippen MR) is 387 cm³/mol. The van der Waals surface area contributed by atoms with E-state index in [4.69, 9.17) is 10.2 Å². The Labute approximate surface area is 580 Å². The van der Waals surface area contributed by atoms with Gasteiger partial charge in [0.15, 0.2) is 17.5 Å². The zero-order chi connectivity index (χ0) is 68.4. The van der Waals surface area contributed by atoms with Crippen LogP contribution in [0.1, 0.15) is 41.5 Å². The summed E-state index contributed by atoms with van der Waals surface area (Å²) in [5.41, 5.74) is 20.5. The maximum atomic E-state index is 14.7. The van der Waals surface area contributed by atoms with Crippen molar-refractivity contribution >= 4 is 17.1 Å². The summed E-state index contributed by atoms with van der Waals surface area (Å²) in [6, 6.07) is 50.6. The predicted octanol–water partition coefficient (Wildman–Crippen LogP) is 13.1. The second-order valence-corrected chi connectivity index (χ2v) is 28.0. The van der Waals surface area contributed by atoms with Gasteiger partial charge in [-0.25, -0.2) is 27.8 Å². The number of rotatable bonds is 10. The minimum absolute atomic E-state index is 0.00467. The third-order valence-corrected chi connectivity index (χ3v) is 20.9. The van der Waals surface area contributed by atoms with Gasteiger partial charge >= 0.3 is 0 Å². The Bertz CT molecular complexity index is 4990. The van der Waals surface area contributed by atoms with Crippen molar-refractivity contribution in [3.63, 3.8) is 0 Å². The fourth-order valence-corrected chi connectivity index (χ4v) is 15.5. The van der Waals surface area contributed by atoms with Crippen molar-refractivity contribution in [2.45, 2.75) is 57.2 Å². The second-order valence-electron chi connectivity index (χ2n) is 28.0. The smallest absolute Gasteiger partial charge is 0.185 e. The van der Waals surface area contributed by atoms with E-state index in [1.807, 2.05) is 61.4 Å². The number of piperidine rings is 1. The van der Waals surface area contributed by atoms with Gasteiger partial charge in [0.25, 0.3) is 0 Å². The summed E-state index contributed by atoms with van der Waals surface area (Å²) in [5, 5.41) is 22.2. The molecule has 0 spiro atoms. The molecule has 12 aromatic rings. The number of nitrogens with zero attached hydrogens (tertiary/aromatic N) is 18. The molecule has 0 amide bonds. The molecule has 18 rings (SSSR count). The van der Waals surface area contributed by atoms with Crippen molar-refractivity contribution in [1.82, 2.24) is 67.5 Å². The van der Waals surface area contributed by atoms with Gasteiger partial charge in [-0.05, 0) is 204 Å². The second kappa shape index (κ2) is 26.5. The van der Waals surface area contributed by atoms with Crippen LogP contribution < -0.4 is 14.7 Å². The van der Waals surface area contributed by atoms with Gasteiger partial charge in [0.2, 0.25) is 0 Å². The fraction of sp³-hybridized carbons (Fsp3) is 0.291. The maximum absolute atomic E-state index is 14.7. The van der Waals surface area contributed by atoms with Gasteiger partial charge in [-0.15, -0.1) is 10.2 Å². The molecule has 100 heavy (non-hydrogen) atoms. The lowest BCUT2D eigenvalue weighted by molar-refractivity contribution is 0.231. The highest BCUT2D eigenvalue weighted by Crippen LogP contribution is 2.40. The van der Waals surface area contributed by atoms with Crippen LogP contribution in [0.2, 0.25) is 0 Å². The normalized spacial score (nSPS) is 17.3. The average Bonchev–Trinajstić information content (AvgIpc) is 1.62. The molecule has 6 aliphatic heterocycles. The molecular weight excluding hydrogens is 1260 g/mol. The van der Waals surface area contributed by atoms with Crippen LogP contribution in [0.4, 0.5) is 30.2 Å². The third kappa shape index (κ3) is 12.3. The summed E-state index contributed by atoms with van der Waals surface area (Å²) in [6.07, 6.45) is 16.4. The van der Waals surface area contributed by atoms with Crippen LogP contribution in [-0.4, -0.2) is 174 Å². The first kappa shape index (κ1) is 63.9. The number of halogens is 3. The van der Waals surface area contributed by atoms with Gasteiger partial charge in [-0.3, -0.25) is 9.13 Å². The zero-order valence-corrected chi connectivity index (χ0v) is 57.1. The van der Waals surface area contributed by atoms with E-state index < -0.39 is 6.17 Å². The molecule has 21 heteroatoms. The van der Waals surface area contributed by atoms with Gasteiger partial charge in [0, 0.05) is 148 Å². The molecule has 3 atom stereocenters. The molecule has 3 fully saturated rings. The van der Waals surface area contributed by atoms with Crippen molar-refractivity contribution < 1.29 is 13.2 Å². The first-order valence-corrected chi connectivity index (χ1v) is 34.4. The Kier molecular flexibility index (Phi) is 16.9. The number of nitriles is 1. The molecule has 12 heterocycles. The molecule has 0 radical (unpaired) electrons. The first-order chi connectivity index (χ1) is 48.6. The van der Waals surface area contributed by atoms with Crippen LogP contribution in [0.25, 0.3) is 85.0 Å². The number of benzene rings is 6. The van der Waals surface area contributed by atoms with Gasteiger partial charge < -0.3 is 43.1 Å². The van der Waals surface area contributed by atoms with Gasteiger partial charge in [-0.2, -0.15) is 10.4 Å². The summed E-state index contributed by atoms with van der Waals surface area (Å²) in [7, 11) is 12.7. The van der Waals surface area contributed by atoms with E-state index >= 15 is 0 Å². The standard InChI is InChI=1S/C28H28N6.C26H26F2N6.C25H25FN6/c1-31(2)24-9-12-32(13-10-24)25-7-8-26-23(15-25)19-33-18-22(21-5-3-20(17-29)4-6-21)16-27(33)28-30-11-14-34(26)28;1-31(2)11-20-14-32(15-23(20)28)22-7-8-24-19(9-22)13-33-12-18(17-3-5-21(27)6-4-17)10-25(33)26-29-16-30-34(24)26;1-29(2)22-9-10-30(15-22)21-7-8-23-19(11-21)14-31-13-18(17-3-5-20(26)6-4-17)12-24(31)25-28-27-16-32(23)25/h3-8,11,14-16,18,24H,9-10,12-13,19H2,1-2H3;3-10,12,16,20,23H,11,13-15H2,1-2H3;3-8,11-13,16,22H,9-10,14-15H2,1-2H3/t;20-,23+;22-/m.00/s1. The van der Waals surface area contributed by atoms with E-state index in [1.165, 1.54) is 71.7 Å². The zero-order valence-electron chi connectivity index (χ0n) is 57.1. The van der Waals surface area contributed by atoms with Gasteiger partial charge in [-0.1, -0.05) is 36.4 Å². The molecule has 0 bridgehead atoms. The highest BCUT2D eigenvalue weighted by atomic mass is 19.1. The number of hydrogen-bond acceptors (Lipinski definition) is 12. The Balaban J connectivity index is 0.000000117. The highest BCUT2D eigenvalue weighted by molar-refractivity contribution is 5.76. The monoisotopic (exact) mass is 1340 g/mol. The van der Waals surface area contributed by atoms with Crippen LogP contribution in [-0.2, 0) is 19.6 Å². The van der Waals surface area contributed by atoms with Crippen molar-refractivity contribution in [2.24, 2.45) is 5.92 Å². The Morgan fingerprint density at radius 3 is 1.56 bits per heavy atom. The molecule has 0 aliphatic carbocycles. The Morgan fingerprint density at radius 1 is 0.500 bits per heavy atom. The minimum atomic E-state index is -0.836. The fourth-order valence-electron chi connectivity index (χ4n) is 15.5. The van der Waals surface area contributed by atoms with Crippen LogP contribution >= 0.6 is 0 Å². The third-order valence-electron chi connectivity index (χ3n) is 20.9. The van der Waals surface area contributed by atoms with Gasteiger partial charge in [0.1, 0.15) is 30.5 Å². The number of hydrogen-bond donors (Lipinski definition) is 0. The molecule has 0 unspecified atom stereocenters. The lowest BCUT2D eigenvalue weighted by atomic mass is 10.0. The number of alkyl halides is 1.